The summed E-state index contributed by atoms with van der Waals surface area (Å²) < 4.78 is 13.6. The van der Waals surface area contributed by atoms with Gasteiger partial charge in [-0.1, -0.05) is 24.0 Å². The summed E-state index contributed by atoms with van der Waals surface area (Å²) in [6.45, 7) is 4.34. The van der Waals surface area contributed by atoms with Crippen molar-refractivity contribution in [1.82, 2.24) is 9.47 Å². The van der Waals surface area contributed by atoms with Gasteiger partial charge in [-0.25, -0.2) is 0 Å². The number of hydrogen-bond acceptors (Lipinski definition) is 5. The van der Waals surface area contributed by atoms with Gasteiger partial charge in [-0.15, -0.1) is 0 Å². The van der Waals surface area contributed by atoms with Gasteiger partial charge < -0.3 is 14.0 Å². The van der Waals surface area contributed by atoms with Crippen molar-refractivity contribution in [2.24, 2.45) is 0 Å². The van der Waals surface area contributed by atoms with Gasteiger partial charge in [-0.05, 0) is 43.7 Å². The number of ether oxygens (including phenoxy) is 2. The van der Waals surface area contributed by atoms with Crippen molar-refractivity contribution >= 4 is 40.3 Å². The molecule has 0 N–H and O–H groups in total. The Kier molecular flexibility index (Phi) is 3.85. The molecule has 0 saturated carbocycles. The number of aromatic nitrogens is 1. The van der Waals surface area contributed by atoms with E-state index in [2.05, 4.69) is 10.6 Å². The molecule has 1 aromatic carbocycles. The number of hydrogen-bond donors (Lipinski definition) is 0. The Balaban J connectivity index is 1.75. The van der Waals surface area contributed by atoms with E-state index >= 15 is 0 Å². The fourth-order valence-corrected chi connectivity index (χ4v) is 4.21. The SMILES string of the molecule is Cc1cc(C=C2SC(=S)N(C)C2=O)c(C)n1-c1ccc2c(c1)OCO2. The van der Waals surface area contributed by atoms with Crippen molar-refractivity contribution in [2.75, 3.05) is 13.8 Å². The molecule has 7 heteroatoms. The Morgan fingerprint density at radius 1 is 1.20 bits per heavy atom. The molecule has 0 aliphatic carbocycles. The second-order valence-electron chi connectivity index (χ2n) is 5.94. The molecule has 0 atom stereocenters. The number of likely N-dealkylation sites (N-methyl/N-ethyl adjacent to an activating group) is 1. The third kappa shape index (κ3) is 2.63. The first-order valence-corrected chi connectivity index (χ1v) is 8.98. The second-order valence-corrected chi connectivity index (χ2v) is 7.62. The highest BCUT2D eigenvalue weighted by molar-refractivity contribution is 8.26. The molecule has 0 radical (unpaired) electrons. The molecule has 1 amide bonds. The van der Waals surface area contributed by atoms with Crippen LogP contribution in [0.2, 0.25) is 0 Å². The number of carbonyl (C=O) groups is 1. The predicted octanol–water partition coefficient (Wildman–Crippen LogP) is 3.65. The summed E-state index contributed by atoms with van der Waals surface area (Å²) in [7, 11) is 1.70. The van der Waals surface area contributed by atoms with Crippen LogP contribution in [0.5, 0.6) is 11.5 Å². The quantitative estimate of drug-likeness (QED) is 0.595. The van der Waals surface area contributed by atoms with Gasteiger partial charge in [0.2, 0.25) is 6.79 Å². The number of amides is 1. The van der Waals surface area contributed by atoms with Crippen LogP contribution < -0.4 is 9.47 Å². The molecule has 25 heavy (non-hydrogen) atoms. The Hall–Kier alpha value is -2.25. The molecule has 1 fully saturated rings. The Morgan fingerprint density at radius 3 is 2.68 bits per heavy atom. The van der Waals surface area contributed by atoms with Crippen molar-refractivity contribution in [3.63, 3.8) is 0 Å². The lowest BCUT2D eigenvalue weighted by atomic mass is 10.2. The zero-order chi connectivity index (χ0) is 17.7. The van der Waals surface area contributed by atoms with Crippen molar-refractivity contribution in [1.29, 1.82) is 0 Å². The first-order chi connectivity index (χ1) is 12.0. The predicted molar refractivity (Wildman–Crippen MR) is 102 cm³/mol. The molecule has 1 saturated heterocycles. The van der Waals surface area contributed by atoms with Crippen molar-refractivity contribution in [3.05, 3.63) is 46.1 Å². The minimum atomic E-state index is -0.0529. The van der Waals surface area contributed by atoms with E-state index in [-0.39, 0.29) is 12.7 Å². The lowest BCUT2D eigenvalue weighted by Crippen LogP contribution is -2.22. The highest BCUT2D eigenvalue weighted by atomic mass is 32.2. The number of benzene rings is 1. The van der Waals surface area contributed by atoms with Gasteiger partial charge in [0.05, 0.1) is 4.91 Å². The number of aryl methyl sites for hydroxylation is 1. The number of nitrogens with zero attached hydrogens (tertiary/aromatic N) is 2. The van der Waals surface area contributed by atoms with Gasteiger partial charge in [0, 0.05) is 30.2 Å². The van der Waals surface area contributed by atoms with Crippen LogP contribution >= 0.6 is 24.0 Å². The van der Waals surface area contributed by atoms with Gasteiger partial charge in [-0.3, -0.25) is 9.69 Å². The van der Waals surface area contributed by atoms with Crippen molar-refractivity contribution in [3.8, 4) is 17.2 Å². The third-order valence-corrected chi connectivity index (χ3v) is 5.84. The van der Waals surface area contributed by atoms with E-state index in [9.17, 15) is 4.79 Å². The molecular formula is C18H16N2O3S2. The Labute approximate surface area is 155 Å². The lowest BCUT2D eigenvalue weighted by molar-refractivity contribution is -0.121. The maximum atomic E-state index is 12.2. The molecule has 2 aliphatic rings. The molecule has 0 unspecified atom stereocenters. The van der Waals surface area contributed by atoms with Crippen LogP contribution in [0.3, 0.4) is 0 Å². The summed E-state index contributed by atoms with van der Waals surface area (Å²) in [5.41, 5.74) is 4.14. The van der Waals surface area contributed by atoms with Crippen LogP contribution in [0.25, 0.3) is 11.8 Å². The number of carbonyl (C=O) groups excluding carboxylic acids is 1. The molecule has 2 aromatic rings. The molecule has 128 valence electrons. The van der Waals surface area contributed by atoms with Crippen LogP contribution in [-0.2, 0) is 4.79 Å². The molecule has 5 nitrogen and oxygen atoms in total. The average Bonchev–Trinajstić information content (AvgIpc) is 3.22. The summed E-state index contributed by atoms with van der Waals surface area (Å²) >= 11 is 6.53. The fraction of sp³-hybridized carbons (Fsp3) is 0.222. The van der Waals surface area contributed by atoms with Crippen LogP contribution in [0.15, 0.2) is 29.2 Å². The van der Waals surface area contributed by atoms with Crippen LogP contribution in [-0.4, -0.2) is 33.5 Å². The summed E-state index contributed by atoms with van der Waals surface area (Å²) in [4.78, 5) is 14.4. The molecule has 0 spiro atoms. The maximum absolute atomic E-state index is 12.2. The van der Waals surface area contributed by atoms with E-state index in [4.69, 9.17) is 21.7 Å². The minimum Gasteiger partial charge on any atom is -0.454 e. The number of rotatable bonds is 2. The van der Waals surface area contributed by atoms with Gasteiger partial charge >= 0.3 is 0 Å². The van der Waals surface area contributed by atoms with Crippen molar-refractivity contribution in [2.45, 2.75) is 13.8 Å². The summed E-state index contributed by atoms with van der Waals surface area (Å²) in [5, 5.41) is 0. The molecule has 2 aliphatic heterocycles. The Morgan fingerprint density at radius 2 is 1.96 bits per heavy atom. The number of thiocarbonyl (C=S) groups is 1. The van der Waals surface area contributed by atoms with E-state index in [0.717, 1.165) is 34.1 Å². The zero-order valence-electron chi connectivity index (χ0n) is 14.0. The highest BCUT2D eigenvalue weighted by Crippen LogP contribution is 2.36. The summed E-state index contributed by atoms with van der Waals surface area (Å²) in [6, 6.07) is 7.96. The van der Waals surface area contributed by atoms with Crippen LogP contribution in [0.1, 0.15) is 17.0 Å². The Bertz CT molecular complexity index is 946. The normalized spacial score (nSPS) is 17.9. The zero-order valence-corrected chi connectivity index (χ0v) is 15.7. The molecular weight excluding hydrogens is 356 g/mol. The van der Waals surface area contributed by atoms with E-state index in [1.807, 2.05) is 38.1 Å². The molecule has 1 aromatic heterocycles. The van der Waals surface area contributed by atoms with E-state index in [0.29, 0.717) is 9.23 Å². The minimum absolute atomic E-state index is 0.0529. The maximum Gasteiger partial charge on any atom is 0.265 e. The monoisotopic (exact) mass is 372 g/mol. The van der Waals surface area contributed by atoms with Crippen molar-refractivity contribution < 1.29 is 14.3 Å². The average molecular weight is 372 g/mol. The topological polar surface area (TPSA) is 43.7 Å². The van der Waals surface area contributed by atoms with Gasteiger partial charge in [0.25, 0.3) is 5.91 Å². The van der Waals surface area contributed by atoms with E-state index in [1.54, 1.807) is 7.05 Å². The van der Waals surface area contributed by atoms with Gasteiger partial charge in [-0.2, -0.15) is 0 Å². The lowest BCUT2D eigenvalue weighted by Gasteiger charge is -2.10. The highest BCUT2D eigenvalue weighted by Gasteiger charge is 2.29. The van der Waals surface area contributed by atoms with Crippen LogP contribution in [0.4, 0.5) is 0 Å². The standard InChI is InChI=1S/C18H16N2O3S2/c1-10-6-12(7-16-17(21)19(3)18(24)25-16)11(2)20(10)13-4-5-14-15(8-13)23-9-22-14/h4-8H,9H2,1-3H3. The number of fused-ring (bicyclic) bond motifs is 1. The van der Waals surface area contributed by atoms with E-state index < -0.39 is 0 Å². The molecule has 3 heterocycles. The largest absolute Gasteiger partial charge is 0.454 e. The number of thioether (sulfide) groups is 1. The van der Waals surface area contributed by atoms with Crippen LogP contribution in [0, 0.1) is 13.8 Å². The first-order valence-electron chi connectivity index (χ1n) is 7.76. The molecule has 4 rings (SSSR count). The second kappa shape index (κ2) is 5.93. The van der Waals surface area contributed by atoms with E-state index in [1.165, 1.54) is 16.7 Å². The molecule has 0 bridgehead atoms. The van der Waals surface area contributed by atoms with Gasteiger partial charge in [0.15, 0.2) is 11.5 Å². The first kappa shape index (κ1) is 16.2. The summed E-state index contributed by atoms with van der Waals surface area (Å²) in [5.74, 6) is 1.46. The smallest absolute Gasteiger partial charge is 0.265 e. The van der Waals surface area contributed by atoms with Gasteiger partial charge in [0.1, 0.15) is 4.32 Å². The summed E-state index contributed by atoms with van der Waals surface area (Å²) in [6.07, 6.45) is 1.91. The fourth-order valence-electron chi connectivity index (χ4n) is 3.04. The third-order valence-electron chi connectivity index (χ3n) is 4.36.